The summed E-state index contributed by atoms with van der Waals surface area (Å²) in [5.74, 6) is -0.138. The Hall–Kier alpha value is -1.42. The molecule has 1 aliphatic heterocycles. The van der Waals surface area contributed by atoms with Gasteiger partial charge in [-0.3, -0.25) is 0 Å². The van der Waals surface area contributed by atoms with Crippen LogP contribution in [0.25, 0.3) is 0 Å². The number of nitrogens with zero attached hydrogens (tertiary/aromatic N) is 2. The molecular weight excluding hydrogens is 264 g/mol. The molecule has 1 fully saturated rings. The van der Waals surface area contributed by atoms with Gasteiger partial charge in [0.2, 0.25) is 10.0 Å². The molecule has 19 heavy (non-hydrogen) atoms. The fraction of sp³-hybridized carbons (Fsp3) is 0.462. The summed E-state index contributed by atoms with van der Waals surface area (Å²) in [5, 5.41) is 9.00. The summed E-state index contributed by atoms with van der Waals surface area (Å²) >= 11 is 0. The SMILES string of the molecule is CC1COCCN1S(=O)(=O)Cc1ccccc1C#N. The van der Waals surface area contributed by atoms with Crippen LogP contribution in [0.15, 0.2) is 24.3 Å². The molecule has 6 heteroatoms. The van der Waals surface area contributed by atoms with E-state index in [-0.39, 0.29) is 11.8 Å². The first-order valence-electron chi connectivity index (χ1n) is 6.10. The van der Waals surface area contributed by atoms with Crippen LogP contribution in [-0.2, 0) is 20.5 Å². The highest BCUT2D eigenvalue weighted by molar-refractivity contribution is 7.88. The Labute approximate surface area is 113 Å². The van der Waals surface area contributed by atoms with Crippen molar-refractivity contribution >= 4 is 10.0 Å². The van der Waals surface area contributed by atoms with Crippen LogP contribution in [0.3, 0.4) is 0 Å². The summed E-state index contributed by atoms with van der Waals surface area (Å²) in [6, 6.07) is 8.65. The Morgan fingerprint density at radius 2 is 2.21 bits per heavy atom. The molecule has 0 amide bonds. The van der Waals surface area contributed by atoms with Gasteiger partial charge in [-0.1, -0.05) is 18.2 Å². The van der Waals surface area contributed by atoms with Crippen LogP contribution >= 0.6 is 0 Å². The van der Waals surface area contributed by atoms with Gasteiger partial charge >= 0.3 is 0 Å². The Morgan fingerprint density at radius 3 is 2.89 bits per heavy atom. The minimum Gasteiger partial charge on any atom is -0.378 e. The topological polar surface area (TPSA) is 70.4 Å². The second-order valence-corrected chi connectivity index (χ2v) is 6.48. The summed E-state index contributed by atoms with van der Waals surface area (Å²) in [6.07, 6.45) is 0. The second-order valence-electron chi connectivity index (χ2n) is 4.56. The van der Waals surface area contributed by atoms with Gasteiger partial charge in [-0.15, -0.1) is 0 Å². The third-order valence-electron chi connectivity index (χ3n) is 3.14. The van der Waals surface area contributed by atoms with Crippen molar-refractivity contribution in [1.29, 1.82) is 5.26 Å². The lowest BCUT2D eigenvalue weighted by molar-refractivity contribution is 0.0392. The number of ether oxygens (including phenoxy) is 1. The summed E-state index contributed by atoms with van der Waals surface area (Å²) in [6.45, 7) is 3.04. The van der Waals surface area contributed by atoms with Crippen molar-refractivity contribution in [3.8, 4) is 6.07 Å². The van der Waals surface area contributed by atoms with Crippen molar-refractivity contribution in [3.05, 3.63) is 35.4 Å². The smallest absolute Gasteiger partial charge is 0.218 e. The summed E-state index contributed by atoms with van der Waals surface area (Å²) in [4.78, 5) is 0. The standard InChI is InChI=1S/C13H16N2O3S/c1-11-9-18-7-6-15(11)19(16,17)10-13-5-3-2-4-12(13)8-14/h2-5,11H,6-7,9-10H2,1H3. The van der Waals surface area contributed by atoms with Crippen LogP contribution in [0, 0.1) is 11.3 Å². The third-order valence-corrected chi connectivity index (χ3v) is 5.07. The predicted molar refractivity (Wildman–Crippen MR) is 70.8 cm³/mol. The van der Waals surface area contributed by atoms with Gasteiger partial charge in [-0.2, -0.15) is 9.57 Å². The van der Waals surface area contributed by atoms with Gasteiger partial charge < -0.3 is 4.74 Å². The van der Waals surface area contributed by atoms with E-state index in [0.29, 0.717) is 30.9 Å². The third kappa shape index (κ3) is 3.13. The minimum absolute atomic E-state index is 0.138. The first-order valence-corrected chi connectivity index (χ1v) is 7.71. The molecule has 1 unspecified atom stereocenters. The highest BCUT2D eigenvalue weighted by Gasteiger charge is 2.30. The number of benzene rings is 1. The first-order chi connectivity index (χ1) is 9.04. The van der Waals surface area contributed by atoms with Crippen molar-refractivity contribution in [2.24, 2.45) is 0 Å². The summed E-state index contributed by atoms with van der Waals surface area (Å²) in [7, 11) is -3.42. The van der Waals surface area contributed by atoms with Gasteiger partial charge in [0.1, 0.15) is 0 Å². The van der Waals surface area contributed by atoms with Gasteiger partial charge in [0.05, 0.1) is 30.6 Å². The maximum atomic E-state index is 12.4. The quantitative estimate of drug-likeness (QED) is 0.831. The van der Waals surface area contributed by atoms with Crippen molar-refractivity contribution in [1.82, 2.24) is 4.31 Å². The molecule has 1 saturated heterocycles. The molecule has 1 atom stereocenters. The van der Waals surface area contributed by atoms with E-state index in [0.717, 1.165) is 0 Å². The van der Waals surface area contributed by atoms with E-state index in [9.17, 15) is 8.42 Å². The van der Waals surface area contributed by atoms with Crippen LogP contribution in [-0.4, -0.2) is 38.5 Å². The predicted octanol–water partition coefficient (Wildman–Crippen LogP) is 1.11. The fourth-order valence-electron chi connectivity index (χ4n) is 2.16. The number of sulfonamides is 1. The number of hydrogen-bond acceptors (Lipinski definition) is 4. The average Bonchev–Trinajstić information content (AvgIpc) is 2.39. The number of nitriles is 1. The van der Waals surface area contributed by atoms with E-state index in [1.165, 1.54) is 4.31 Å². The fourth-order valence-corrected chi connectivity index (χ4v) is 3.93. The number of hydrogen-bond donors (Lipinski definition) is 0. The second kappa shape index (κ2) is 5.70. The highest BCUT2D eigenvalue weighted by atomic mass is 32.2. The number of rotatable bonds is 3. The molecule has 1 aromatic carbocycles. The lowest BCUT2D eigenvalue weighted by atomic mass is 10.1. The molecule has 1 heterocycles. The molecule has 0 saturated carbocycles. The molecule has 1 aromatic rings. The minimum atomic E-state index is -3.42. The molecular formula is C13H16N2O3S. The molecule has 5 nitrogen and oxygen atoms in total. The maximum Gasteiger partial charge on any atom is 0.218 e. The highest BCUT2D eigenvalue weighted by Crippen LogP contribution is 2.18. The van der Waals surface area contributed by atoms with Crippen LogP contribution < -0.4 is 0 Å². The van der Waals surface area contributed by atoms with Crippen LogP contribution in [0.2, 0.25) is 0 Å². The van der Waals surface area contributed by atoms with E-state index in [2.05, 4.69) is 0 Å². The molecule has 2 rings (SSSR count). The molecule has 0 bridgehead atoms. The lowest BCUT2D eigenvalue weighted by Crippen LogP contribution is -2.47. The Bertz CT molecular complexity index is 592. The van der Waals surface area contributed by atoms with Gasteiger partial charge in [0, 0.05) is 12.6 Å². The van der Waals surface area contributed by atoms with E-state index in [1.54, 1.807) is 24.3 Å². The summed E-state index contributed by atoms with van der Waals surface area (Å²) in [5.41, 5.74) is 0.954. The molecule has 0 radical (unpaired) electrons. The van der Waals surface area contributed by atoms with Gasteiger partial charge in [-0.25, -0.2) is 8.42 Å². The molecule has 0 aliphatic carbocycles. The van der Waals surface area contributed by atoms with Gasteiger partial charge in [0.25, 0.3) is 0 Å². The Kier molecular flexibility index (Phi) is 4.20. The monoisotopic (exact) mass is 280 g/mol. The van der Waals surface area contributed by atoms with Gasteiger partial charge in [0.15, 0.2) is 0 Å². The average molecular weight is 280 g/mol. The normalized spacial score (nSPS) is 20.9. The van der Waals surface area contributed by atoms with Crippen LogP contribution in [0.5, 0.6) is 0 Å². The zero-order valence-corrected chi connectivity index (χ0v) is 11.6. The van der Waals surface area contributed by atoms with E-state index < -0.39 is 10.0 Å². The molecule has 1 aliphatic rings. The van der Waals surface area contributed by atoms with E-state index in [1.807, 2.05) is 13.0 Å². The maximum absolute atomic E-state index is 12.4. The Morgan fingerprint density at radius 1 is 1.47 bits per heavy atom. The largest absolute Gasteiger partial charge is 0.378 e. The zero-order chi connectivity index (χ0) is 13.9. The lowest BCUT2D eigenvalue weighted by Gasteiger charge is -2.32. The molecule has 102 valence electrons. The zero-order valence-electron chi connectivity index (χ0n) is 10.7. The first kappa shape index (κ1) is 14.0. The molecule has 0 aromatic heterocycles. The van der Waals surface area contributed by atoms with Crippen LogP contribution in [0.4, 0.5) is 0 Å². The van der Waals surface area contributed by atoms with Crippen molar-refractivity contribution < 1.29 is 13.2 Å². The van der Waals surface area contributed by atoms with E-state index >= 15 is 0 Å². The summed E-state index contributed by atoms with van der Waals surface area (Å²) < 4.78 is 31.5. The van der Waals surface area contributed by atoms with Crippen molar-refractivity contribution in [3.63, 3.8) is 0 Å². The molecule has 0 spiro atoms. The van der Waals surface area contributed by atoms with Crippen LogP contribution in [0.1, 0.15) is 18.1 Å². The van der Waals surface area contributed by atoms with Gasteiger partial charge in [-0.05, 0) is 18.6 Å². The van der Waals surface area contributed by atoms with Crippen molar-refractivity contribution in [2.45, 2.75) is 18.7 Å². The molecule has 0 N–H and O–H groups in total. The van der Waals surface area contributed by atoms with Crippen molar-refractivity contribution in [2.75, 3.05) is 19.8 Å². The Balaban J connectivity index is 2.24. The van der Waals surface area contributed by atoms with E-state index in [4.69, 9.17) is 10.00 Å². The number of morpholine rings is 1.